The predicted octanol–water partition coefficient (Wildman–Crippen LogP) is 1.15. The van der Waals surface area contributed by atoms with E-state index in [9.17, 15) is 19.1 Å². The zero-order valence-electron chi connectivity index (χ0n) is 11.4. The van der Waals surface area contributed by atoms with Gasteiger partial charge in [0.05, 0.1) is 12.1 Å². The molecule has 2 rings (SSSR count). The van der Waals surface area contributed by atoms with E-state index >= 15 is 0 Å². The molecule has 114 valence electrons. The van der Waals surface area contributed by atoms with Crippen LogP contribution in [-0.2, 0) is 19.7 Å². The monoisotopic (exact) mass is 315 g/mol. The lowest BCUT2D eigenvalue weighted by Crippen LogP contribution is -2.40. The van der Waals surface area contributed by atoms with E-state index in [1.165, 1.54) is 12.1 Å². The van der Waals surface area contributed by atoms with E-state index in [4.69, 9.17) is 17.3 Å². The Morgan fingerprint density at radius 3 is 2.67 bits per heavy atom. The smallest absolute Gasteiger partial charge is 0.322 e. The number of aliphatic hydroxyl groups is 1. The van der Waals surface area contributed by atoms with Gasteiger partial charge in [-0.3, -0.25) is 9.59 Å². The van der Waals surface area contributed by atoms with Crippen LogP contribution in [0.5, 0.6) is 0 Å². The Morgan fingerprint density at radius 2 is 2.19 bits per heavy atom. The SMILES string of the molecule is COC(=O)C1(C(N)=O)CC1(CCO)c1ccc(F)c(Cl)c1. The summed E-state index contributed by atoms with van der Waals surface area (Å²) < 4.78 is 18.0. The van der Waals surface area contributed by atoms with Gasteiger partial charge in [-0.1, -0.05) is 17.7 Å². The quantitative estimate of drug-likeness (QED) is 0.630. The normalized spacial score (nSPS) is 27.2. The van der Waals surface area contributed by atoms with Crippen LogP contribution in [0.4, 0.5) is 4.39 Å². The molecule has 1 aliphatic carbocycles. The molecule has 1 saturated carbocycles. The molecule has 2 atom stereocenters. The van der Waals surface area contributed by atoms with Crippen molar-refractivity contribution >= 4 is 23.5 Å². The number of ether oxygens (including phenoxy) is 1. The van der Waals surface area contributed by atoms with Gasteiger partial charge in [0, 0.05) is 12.0 Å². The molecule has 0 aliphatic heterocycles. The van der Waals surface area contributed by atoms with Crippen molar-refractivity contribution in [3.8, 4) is 0 Å². The fraction of sp³-hybridized carbons (Fsp3) is 0.429. The van der Waals surface area contributed by atoms with Crippen molar-refractivity contribution in [1.82, 2.24) is 0 Å². The summed E-state index contributed by atoms with van der Waals surface area (Å²) in [5.74, 6) is -2.20. The summed E-state index contributed by atoms with van der Waals surface area (Å²) in [6.45, 7) is -0.263. The molecule has 0 heterocycles. The van der Waals surface area contributed by atoms with Crippen LogP contribution in [0.25, 0.3) is 0 Å². The fourth-order valence-corrected chi connectivity index (χ4v) is 3.23. The summed E-state index contributed by atoms with van der Waals surface area (Å²) in [5, 5.41) is 9.16. The zero-order valence-corrected chi connectivity index (χ0v) is 12.1. The molecule has 1 aromatic carbocycles. The van der Waals surface area contributed by atoms with Crippen LogP contribution in [0, 0.1) is 11.2 Å². The molecule has 0 aromatic heterocycles. The lowest BCUT2D eigenvalue weighted by Gasteiger charge is -2.22. The van der Waals surface area contributed by atoms with Crippen molar-refractivity contribution in [3.63, 3.8) is 0 Å². The van der Waals surface area contributed by atoms with Crippen molar-refractivity contribution in [1.29, 1.82) is 0 Å². The van der Waals surface area contributed by atoms with Gasteiger partial charge in [0.25, 0.3) is 0 Å². The van der Waals surface area contributed by atoms with Crippen LogP contribution in [0.3, 0.4) is 0 Å². The minimum Gasteiger partial charge on any atom is -0.468 e. The summed E-state index contributed by atoms with van der Waals surface area (Å²) in [6.07, 6.45) is 0.220. The number of esters is 1. The first-order chi connectivity index (χ1) is 9.85. The molecule has 2 unspecified atom stereocenters. The van der Waals surface area contributed by atoms with E-state index < -0.39 is 28.5 Å². The number of methoxy groups -OCH3 is 1. The molecular weight excluding hydrogens is 301 g/mol. The zero-order chi connectivity index (χ0) is 15.8. The molecule has 5 nitrogen and oxygen atoms in total. The van der Waals surface area contributed by atoms with Crippen LogP contribution in [0.2, 0.25) is 5.02 Å². The molecule has 1 aliphatic rings. The molecule has 0 bridgehead atoms. The topological polar surface area (TPSA) is 89.6 Å². The third-order valence-corrected chi connectivity index (χ3v) is 4.51. The maximum Gasteiger partial charge on any atom is 0.322 e. The van der Waals surface area contributed by atoms with Crippen molar-refractivity contribution in [2.24, 2.45) is 11.1 Å². The molecule has 0 saturated heterocycles. The summed E-state index contributed by atoms with van der Waals surface area (Å²) in [4.78, 5) is 23.9. The molecule has 0 radical (unpaired) electrons. The second-order valence-electron chi connectivity index (χ2n) is 5.12. The minimum atomic E-state index is -1.55. The second-order valence-corrected chi connectivity index (χ2v) is 5.53. The third-order valence-electron chi connectivity index (χ3n) is 4.22. The van der Waals surface area contributed by atoms with Crippen LogP contribution < -0.4 is 5.73 Å². The largest absolute Gasteiger partial charge is 0.468 e. The average molecular weight is 316 g/mol. The summed E-state index contributed by atoms with van der Waals surface area (Å²) in [6, 6.07) is 3.93. The van der Waals surface area contributed by atoms with Gasteiger partial charge in [0.2, 0.25) is 5.91 Å². The highest BCUT2D eigenvalue weighted by Crippen LogP contribution is 2.67. The average Bonchev–Trinajstić information content (AvgIpc) is 3.13. The van der Waals surface area contributed by atoms with Crippen molar-refractivity contribution in [3.05, 3.63) is 34.6 Å². The summed E-state index contributed by atoms with van der Waals surface area (Å²) in [7, 11) is 1.16. The molecule has 1 amide bonds. The maximum absolute atomic E-state index is 13.3. The second kappa shape index (κ2) is 5.27. The van der Waals surface area contributed by atoms with Crippen LogP contribution >= 0.6 is 11.6 Å². The number of benzene rings is 1. The van der Waals surface area contributed by atoms with E-state index in [0.717, 1.165) is 13.2 Å². The van der Waals surface area contributed by atoms with Gasteiger partial charge in [0.15, 0.2) is 5.41 Å². The number of hydrogen-bond donors (Lipinski definition) is 2. The van der Waals surface area contributed by atoms with Crippen molar-refractivity contribution in [2.75, 3.05) is 13.7 Å². The number of carbonyl (C=O) groups is 2. The third kappa shape index (κ3) is 2.10. The van der Waals surface area contributed by atoms with E-state index in [-0.39, 0.29) is 24.5 Å². The molecule has 3 N–H and O–H groups in total. The first kappa shape index (κ1) is 15.7. The number of halogens is 2. The Morgan fingerprint density at radius 1 is 1.52 bits per heavy atom. The Labute approximate surface area is 125 Å². The molecule has 21 heavy (non-hydrogen) atoms. The Hall–Kier alpha value is -1.66. The first-order valence-corrected chi connectivity index (χ1v) is 6.68. The van der Waals surface area contributed by atoms with Gasteiger partial charge in [0.1, 0.15) is 5.82 Å². The highest BCUT2D eigenvalue weighted by atomic mass is 35.5. The highest BCUT2D eigenvalue weighted by Gasteiger charge is 2.76. The Kier molecular flexibility index (Phi) is 3.95. The maximum atomic E-state index is 13.3. The highest BCUT2D eigenvalue weighted by molar-refractivity contribution is 6.30. The lowest BCUT2D eigenvalue weighted by molar-refractivity contribution is -0.152. The van der Waals surface area contributed by atoms with E-state index in [1.54, 1.807) is 0 Å². The van der Waals surface area contributed by atoms with Crippen LogP contribution in [-0.4, -0.2) is 30.7 Å². The molecule has 0 spiro atoms. The van der Waals surface area contributed by atoms with Gasteiger partial charge in [-0.05, 0) is 30.5 Å². The van der Waals surface area contributed by atoms with Gasteiger partial charge in [-0.25, -0.2) is 4.39 Å². The van der Waals surface area contributed by atoms with Gasteiger partial charge in [-0.15, -0.1) is 0 Å². The number of carbonyl (C=O) groups excluding carboxylic acids is 2. The Balaban J connectivity index is 2.56. The number of aliphatic hydroxyl groups excluding tert-OH is 1. The van der Waals surface area contributed by atoms with E-state index in [1.807, 2.05) is 0 Å². The van der Waals surface area contributed by atoms with Gasteiger partial charge < -0.3 is 15.6 Å². The lowest BCUT2D eigenvalue weighted by atomic mass is 9.83. The number of primary amides is 1. The van der Waals surface area contributed by atoms with Crippen molar-refractivity contribution < 1.29 is 23.8 Å². The Bertz CT molecular complexity index is 609. The fourth-order valence-electron chi connectivity index (χ4n) is 3.05. The minimum absolute atomic E-state index is 0.102. The number of hydrogen-bond acceptors (Lipinski definition) is 4. The summed E-state index contributed by atoms with van der Waals surface area (Å²) >= 11 is 5.76. The van der Waals surface area contributed by atoms with Gasteiger partial charge >= 0.3 is 5.97 Å². The van der Waals surface area contributed by atoms with Gasteiger partial charge in [-0.2, -0.15) is 0 Å². The predicted molar refractivity (Wildman–Crippen MR) is 73.1 cm³/mol. The first-order valence-electron chi connectivity index (χ1n) is 6.30. The number of amides is 1. The van der Waals surface area contributed by atoms with E-state index in [2.05, 4.69) is 4.74 Å². The number of nitrogens with two attached hydrogens (primary N) is 1. The van der Waals surface area contributed by atoms with Crippen LogP contribution in [0.1, 0.15) is 18.4 Å². The standard InChI is InChI=1S/C14H15ClFNO4/c1-21-12(20)14(11(17)19)7-13(14,4-5-18)8-2-3-10(16)9(15)6-8/h2-3,6,18H,4-5,7H2,1H3,(H2,17,19). The molecule has 1 aromatic rings. The molecular formula is C14H15ClFNO4. The summed E-state index contributed by atoms with van der Waals surface area (Å²) in [5.41, 5.74) is 3.30. The number of rotatable bonds is 5. The van der Waals surface area contributed by atoms with E-state index in [0.29, 0.717) is 5.56 Å². The molecule has 1 fully saturated rings. The van der Waals surface area contributed by atoms with Crippen LogP contribution in [0.15, 0.2) is 18.2 Å². The molecule has 7 heteroatoms. The van der Waals surface area contributed by atoms with Crippen molar-refractivity contribution in [2.45, 2.75) is 18.3 Å².